The number of halogens is 1. The Morgan fingerprint density at radius 2 is 2.05 bits per heavy atom. The van der Waals surface area contributed by atoms with Crippen LogP contribution in [0.3, 0.4) is 0 Å². The van der Waals surface area contributed by atoms with Crippen LogP contribution in [0.2, 0.25) is 5.02 Å². The molecule has 0 saturated carbocycles. The van der Waals surface area contributed by atoms with Crippen molar-refractivity contribution in [2.45, 2.75) is 25.9 Å². The van der Waals surface area contributed by atoms with E-state index in [-0.39, 0.29) is 6.10 Å². The molecule has 5 heteroatoms. The molecule has 2 aliphatic rings. The van der Waals surface area contributed by atoms with Crippen molar-refractivity contribution >= 4 is 11.6 Å². The van der Waals surface area contributed by atoms with Gasteiger partial charge in [0.1, 0.15) is 13.2 Å². The Kier molecular flexibility index (Phi) is 4.06. The molecule has 1 atom stereocenters. The summed E-state index contributed by atoms with van der Waals surface area (Å²) in [6, 6.07) is 1.86. The zero-order valence-corrected chi connectivity index (χ0v) is 12.6. The summed E-state index contributed by atoms with van der Waals surface area (Å²) in [4.78, 5) is 0. The zero-order valence-electron chi connectivity index (χ0n) is 11.9. The lowest BCUT2D eigenvalue weighted by Crippen LogP contribution is -2.34. The third-order valence-corrected chi connectivity index (χ3v) is 4.00. The monoisotopic (exact) mass is 297 g/mol. The van der Waals surface area contributed by atoms with Gasteiger partial charge in [-0.25, -0.2) is 0 Å². The largest absolute Gasteiger partial charge is 0.486 e. The van der Waals surface area contributed by atoms with Gasteiger partial charge >= 0.3 is 0 Å². The lowest BCUT2D eigenvalue weighted by Gasteiger charge is -2.31. The summed E-state index contributed by atoms with van der Waals surface area (Å²) in [6.45, 7) is 7.80. The minimum Gasteiger partial charge on any atom is -0.486 e. The zero-order chi connectivity index (χ0) is 14.1. The number of fused-ring (bicyclic) bond motifs is 1. The summed E-state index contributed by atoms with van der Waals surface area (Å²) in [6.07, 6.45) is -0.0236. The van der Waals surface area contributed by atoms with Crippen molar-refractivity contribution in [3.05, 3.63) is 22.2 Å². The van der Waals surface area contributed by atoms with Crippen LogP contribution in [-0.2, 0) is 4.74 Å². The number of rotatable bonds is 2. The second kappa shape index (κ2) is 5.80. The number of nitrogens with one attached hydrogen (secondary N) is 1. The lowest BCUT2D eigenvalue weighted by atomic mass is 9.91. The van der Waals surface area contributed by atoms with E-state index in [4.69, 9.17) is 25.8 Å². The number of hydrogen-bond donors (Lipinski definition) is 1. The maximum atomic E-state index is 6.50. The second-order valence-electron chi connectivity index (χ2n) is 5.43. The molecule has 0 radical (unpaired) electrons. The first-order valence-electron chi connectivity index (χ1n) is 7.12. The van der Waals surface area contributed by atoms with Gasteiger partial charge in [-0.05, 0) is 5.92 Å². The fourth-order valence-corrected chi connectivity index (χ4v) is 3.17. The van der Waals surface area contributed by atoms with Gasteiger partial charge in [-0.3, -0.25) is 0 Å². The molecule has 0 aromatic heterocycles. The van der Waals surface area contributed by atoms with Crippen molar-refractivity contribution in [1.82, 2.24) is 5.32 Å². The van der Waals surface area contributed by atoms with Crippen molar-refractivity contribution in [1.29, 1.82) is 0 Å². The molecule has 2 aliphatic heterocycles. The first-order chi connectivity index (χ1) is 9.68. The molecule has 110 valence electrons. The smallest absolute Gasteiger partial charge is 0.165 e. The molecule has 0 bridgehead atoms. The molecule has 1 unspecified atom stereocenters. The van der Waals surface area contributed by atoms with Crippen LogP contribution >= 0.6 is 11.6 Å². The SMILES string of the molecule is CC(C)c1c2c(cc(Cl)c1C1CNCCO1)OCCO2. The quantitative estimate of drug-likeness (QED) is 0.911. The van der Waals surface area contributed by atoms with Gasteiger partial charge in [-0.15, -0.1) is 0 Å². The molecular weight excluding hydrogens is 278 g/mol. The molecule has 1 fully saturated rings. The van der Waals surface area contributed by atoms with E-state index in [9.17, 15) is 0 Å². The van der Waals surface area contributed by atoms with Gasteiger partial charge < -0.3 is 19.5 Å². The van der Waals surface area contributed by atoms with Crippen molar-refractivity contribution < 1.29 is 14.2 Å². The molecule has 0 spiro atoms. The molecule has 1 saturated heterocycles. The molecule has 2 heterocycles. The topological polar surface area (TPSA) is 39.7 Å². The van der Waals surface area contributed by atoms with E-state index in [1.54, 1.807) is 0 Å². The highest BCUT2D eigenvalue weighted by Crippen LogP contribution is 2.46. The first kappa shape index (κ1) is 14.0. The van der Waals surface area contributed by atoms with Gasteiger partial charge in [0.2, 0.25) is 0 Å². The van der Waals surface area contributed by atoms with Crippen LogP contribution in [0, 0.1) is 0 Å². The van der Waals surface area contributed by atoms with Crippen LogP contribution in [0.25, 0.3) is 0 Å². The van der Waals surface area contributed by atoms with Gasteiger partial charge in [0.25, 0.3) is 0 Å². The van der Waals surface area contributed by atoms with Crippen molar-refractivity contribution in [3.63, 3.8) is 0 Å². The molecule has 4 nitrogen and oxygen atoms in total. The van der Waals surface area contributed by atoms with Crippen LogP contribution in [0.15, 0.2) is 6.07 Å². The Morgan fingerprint density at radius 1 is 1.25 bits per heavy atom. The van der Waals surface area contributed by atoms with Crippen LogP contribution < -0.4 is 14.8 Å². The Bertz CT molecular complexity index is 498. The highest BCUT2D eigenvalue weighted by atomic mass is 35.5. The molecule has 0 amide bonds. The molecule has 3 rings (SSSR count). The van der Waals surface area contributed by atoms with Gasteiger partial charge in [0.05, 0.1) is 17.7 Å². The molecule has 0 aliphatic carbocycles. The minimum atomic E-state index is -0.0236. The summed E-state index contributed by atoms with van der Waals surface area (Å²) in [5.74, 6) is 1.88. The summed E-state index contributed by atoms with van der Waals surface area (Å²) in [5, 5.41) is 4.05. The average Bonchev–Trinajstić information content (AvgIpc) is 2.46. The maximum Gasteiger partial charge on any atom is 0.165 e. The van der Waals surface area contributed by atoms with E-state index in [0.29, 0.717) is 30.8 Å². The van der Waals surface area contributed by atoms with E-state index in [0.717, 1.165) is 35.7 Å². The number of hydrogen-bond acceptors (Lipinski definition) is 4. The van der Waals surface area contributed by atoms with E-state index in [1.165, 1.54) is 0 Å². The molecule has 1 aromatic rings. The fourth-order valence-electron chi connectivity index (χ4n) is 2.84. The number of ether oxygens (including phenoxy) is 3. The van der Waals surface area contributed by atoms with E-state index >= 15 is 0 Å². The predicted molar refractivity (Wildman–Crippen MR) is 78.1 cm³/mol. The maximum absolute atomic E-state index is 6.50. The van der Waals surface area contributed by atoms with E-state index in [1.807, 2.05) is 6.07 Å². The minimum absolute atomic E-state index is 0.0236. The van der Waals surface area contributed by atoms with Crippen molar-refractivity contribution in [3.8, 4) is 11.5 Å². The predicted octanol–water partition coefficient (Wildman–Crippen LogP) is 2.90. The van der Waals surface area contributed by atoms with E-state index in [2.05, 4.69) is 19.2 Å². The van der Waals surface area contributed by atoms with Crippen molar-refractivity contribution in [2.24, 2.45) is 0 Å². The standard InChI is InChI=1S/C15H20ClNO3/c1-9(2)13-14(12-8-17-3-4-18-12)10(16)7-11-15(13)20-6-5-19-11/h7,9,12,17H,3-6,8H2,1-2H3. The Balaban J connectivity index is 2.11. The van der Waals surface area contributed by atoms with Gasteiger partial charge in [-0.1, -0.05) is 25.4 Å². The summed E-state index contributed by atoms with van der Waals surface area (Å²) < 4.78 is 17.4. The third kappa shape index (κ3) is 2.48. The first-order valence-corrected chi connectivity index (χ1v) is 7.50. The molecule has 1 aromatic carbocycles. The summed E-state index contributed by atoms with van der Waals surface area (Å²) in [5.41, 5.74) is 2.15. The summed E-state index contributed by atoms with van der Waals surface area (Å²) in [7, 11) is 0. The normalized spacial score (nSPS) is 22.1. The third-order valence-electron chi connectivity index (χ3n) is 3.69. The fraction of sp³-hybridized carbons (Fsp3) is 0.600. The highest BCUT2D eigenvalue weighted by molar-refractivity contribution is 6.31. The molecule has 20 heavy (non-hydrogen) atoms. The Morgan fingerprint density at radius 3 is 2.75 bits per heavy atom. The van der Waals surface area contributed by atoms with Gasteiger partial charge in [-0.2, -0.15) is 0 Å². The van der Waals surface area contributed by atoms with Crippen LogP contribution in [-0.4, -0.2) is 32.9 Å². The second-order valence-corrected chi connectivity index (χ2v) is 5.84. The van der Waals surface area contributed by atoms with Gasteiger partial charge in [0, 0.05) is 30.3 Å². The summed E-state index contributed by atoms with van der Waals surface area (Å²) >= 11 is 6.50. The Hall–Kier alpha value is -0.970. The number of morpholine rings is 1. The average molecular weight is 298 g/mol. The lowest BCUT2D eigenvalue weighted by molar-refractivity contribution is 0.0266. The molecular formula is C15H20ClNO3. The van der Waals surface area contributed by atoms with Crippen molar-refractivity contribution in [2.75, 3.05) is 32.9 Å². The van der Waals surface area contributed by atoms with Crippen LogP contribution in [0.4, 0.5) is 0 Å². The van der Waals surface area contributed by atoms with Gasteiger partial charge in [0.15, 0.2) is 11.5 Å². The number of benzene rings is 1. The van der Waals surface area contributed by atoms with Crippen LogP contribution in [0.1, 0.15) is 37.0 Å². The Labute approximate surface area is 124 Å². The molecule has 1 N–H and O–H groups in total. The van der Waals surface area contributed by atoms with E-state index < -0.39 is 0 Å². The highest BCUT2D eigenvalue weighted by Gasteiger charge is 2.29. The van der Waals surface area contributed by atoms with Crippen LogP contribution in [0.5, 0.6) is 11.5 Å².